The molecule has 0 bridgehead atoms. The molecule has 2 heterocycles. The highest BCUT2D eigenvalue weighted by Gasteiger charge is 2.36. The fourth-order valence-corrected chi connectivity index (χ4v) is 3.40. The minimum absolute atomic E-state index is 0.0670. The number of ether oxygens (including phenoxy) is 1. The van der Waals surface area contributed by atoms with Gasteiger partial charge in [-0.15, -0.1) is 0 Å². The molecule has 2 unspecified atom stereocenters. The lowest BCUT2D eigenvalue weighted by Gasteiger charge is -2.43. The third kappa shape index (κ3) is 3.84. The van der Waals surface area contributed by atoms with Gasteiger partial charge in [-0.3, -0.25) is 0 Å². The minimum Gasteiger partial charge on any atom is -0.478 e. The zero-order valence-corrected chi connectivity index (χ0v) is 16.2. The molecule has 1 aromatic heterocycles. The van der Waals surface area contributed by atoms with Crippen LogP contribution in [0.1, 0.15) is 45.0 Å². The zero-order chi connectivity index (χ0) is 19.9. The van der Waals surface area contributed by atoms with Crippen LogP contribution in [0.3, 0.4) is 0 Å². The molecule has 2 atom stereocenters. The Hall–Kier alpha value is -2.77. The molecule has 1 fully saturated rings. The van der Waals surface area contributed by atoms with Crippen molar-refractivity contribution in [2.75, 3.05) is 18.0 Å². The van der Waals surface area contributed by atoms with E-state index >= 15 is 0 Å². The topological polar surface area (TPSA) is 96.1 Å². The number of nitrogens with zero attached hydrogens (tertiary/aromatic N) is 3. The maximum atomic E-state index is 12.4. The predicted octanol–water partition coefficient (Wildman–Crippen LogP) is 3.36. The summed E-state index contributed by atoms with van der Waals surface area (Å²) < 4.78 is 11.3. The first-order valence-corrected chi connectivity index (χ1v) is 8.96. The van der Waals surface area contributed by atoms with Crippen molar-refractivity contribution in [2.24, 2.45) is 0 Å². The van der Waals surface area contributed by atoms with E-state index in [4.69, 9.17) is 9.15 Å². The molecule has 27 heavy (non-hydrogen) atoms. The Morgan fingerprint density at radius 1 is 1.22 bits per heavy atom. The van der Waals surface area contributed by atoms with Gasteiger partial charge < -0.3 is 24.1 Å². The number of piperazine rings is 1. The molecule has 1 aliphatic heterocycles. The van der Waals surface area contributed by atoms with Crippen LogP contribution in [-0.4, -0.2) is 57.8 Å². The summed E-state index contributed by atoms with van der Waals surface area (Å²) in [4.78, 5) is 31.9. The van der Waals surface area contributed by atoms with Crippen LogP contribution in [0.4, 0.5) is 10.8 Å². The molecule has 0 aliphatic carbocycles. The van der Waals surface area contributed by atoms with Crippen LogP contribution >= 0.6 is 0 Å². The van der Waals surface area contributed by atoms with Crippen LogP contribution < -0.4 is 4.90 Å². The number of hydrogen-bond acceptors (Lipinski definition) is 6. The molecule has 1 amide bonds. The van der Waals surface area contributed by atoms with E-state index in [1.165, 1.54) is 6.07 Å². The van der Waals surface area contributed by atoms with E-state index in [9.17, 15) is 14.7 Å². The van der Waals surface area contributed by atoms with Gasteiger partial charge in [0, 0.05) is 25.2 Å². The summed E-state index contributed by atoms with van der Waals surface area (Å²) in [5.41, 5.74) is 0.317. The second-order valence-corrected chi connectivity index (χ2v) is 7.94. The smallest absolute Gasteiger partial charge is 0.410 e. The number of carboxylic acids is 1. The second-order valence-electron chi connectivity index (χ2n) is 7.94. The molecule has 1 aliphatic rings. The summed E-state index contributed by atoms with van der Waals surface area (Å²) in [6.45, 7) is 10.4. The summed E-state index contributed by atoms with van der Waals surface area (Å²) in [5, 5.41) is 9.34. The summed E-state index contributed by atoms with van der Waals surface area (Å²) in [6, 6.07) is 5.07. The van der Waals surface area contributed by atoms with Gasteiger partial charge in [0.1, 0.15) is 11.1 Å². The Kier molecular flexibility index (Phi) is 4.75. The van der Waals surface area contributed by atoms with E-state index < -0.39 is 11.6 Å². The number of amides is 1. The molecule has 2 aromatic rings. The number of aromatic nitrogens is 1. The van der Waals surface area contributed by atoms with Gasteiger partial charge in [0.15, 0.2) is 5.58 Å². The van der Waals surface area contributed by atoms with Gasteiger partial charge in [-0.05, 0) is 46.8 Å². The maximum Gasteiger partial charge on any atom is 0.410 e. The van der Waals surface area contributed by atoms with Crippen molar-refractivity contribution in [2.45, 2.75) is 52.3 Å². The van der Waals surface area contributed by atoms with E-state index in [0.29, 0.717) is 30.2 Å². The number of aromatic carboxylic acids is 1. The molecule has 8 heteroatoms. The van der Waals surface area contributed by atoms with Crippen molar-refractivity contribution in [1.82, 2.24) is 9.88 Å². The van der Waals surface area contributed by atoms with E-state index in [1.54, 1.807) is 17.0 Å². The van der Waals surface area contributed by atoms with Crippen molar-refractivity contribution < 1.29 is 23.8 Å². The number of benzene rings is 1. The number of carbonyl (C=O) groups is 2. The van der Waals surface area contributed by atoms with Crippen molar-refractivity contribution in [3.8, 4) is 0 Å². The fourth-order valence-electron chi connectivity index (χ4n) is 3.40. The Labute approximate surface area is 157 Å². The highest BCUT2D eigenvalue weighted by atomic mass is 16.6. The van der Waals surface area contributed by atoms with Gasteiger partial charge in [-0.25, -0.2) is 9.59 Å². The number of rotatable bonds is 2. The number of carboxylic acid groups (broad SMARTS) is 1. The second kappa shape index (κ2) is 6.75. The average Bonchev–Trinajstić information content (AvgIpc) is 2.95. The number of anilines is 1. The molecular weight excluding hydrogens is 350 g/mol. The molecule has 1 saturated heterocycles. The predicted molar refractivity (Wildman–Crippen MR) is 100 cm³/mol. The van der Waals surface area contributed by atoms with Crippen molar-refractivity contribution in [1.29, 1.82) is 0 Å². The molecule has 0 saturated carbocycles. The Bertz CT molecular complexity index is 858. The summed E-state index contributed by atoms with van der Waals surface area (Å²) >= 11 is 0. The van der Waals surface area contributed by atoms with E-state index in [1.807, 2.05) is 39.5 Å². The third-order valence-corrected chi connectivity index (χ3v) is 4.43. The Balaban J connectivity index is 1.85. The third-order valence-electron chi connectivity index (χ3n) is 4.43. The molecule has 1 N–H and O–H groups in total. The van der Waals surface area contributed by atoms with E-state index in [2.05, 4.69) is 4.98 Å². The Morgan fingerprint density at radius 3 is 2.41 bits per heavy atom. The summed E-state index contributed by atoms with van der Waals surface area (Å²) in [7, 11) is 0. The van der Waals surface area contributed by atoms with E-state index in [-0.39, 0.29) is 23.7 Å². The van der Waals surface area contributed by atoms with Crippen LogP contribution in [0, 0.1) is 0 Å². The molecule has 146 valence electrons. The average molecular weight is 375 g/mol. The first-order valence-electron chi connectivity index (χ1n) is 8.96. The van der Waals surface area contributed by atoms with Crippen molar-refractivity contribution in [3.05, 3.63) is 23.8 Å². The van der Waals surface area contributed by atoms with Crippen LogP contribution in [0.2, 0.25) is 0 Å². The van der Waals surface area contributed by atoms with Crippen molar-refractivity contribution in [3.63, 3.8) is 0 Å². The molecular formula is C19H25N3O5. The molecule has 0 spiro atoms. The molecule has 1 aromatic carbocycles. The lowest BCUT2D eigenvalue weighted by molar-refractivity contribution is 0.0189. The number of carbonyl (C=O) groups excluding carboxylic acids is 1. The first kappa shape index (κ1) is 19.0. The SMILES string of the molecule is CC1CN(C(=O)OC(C)(C)C)CC(C)N1c1nc2c(C(=O)O)cccc2o1. The minimum atomic E-state index is -1.05. The van der Waals surface area contributed by atoms with Crippen molar-refractivity contribution >= 4 is 29.2 Å². The lowest BCUT2D eigenvalue weighted by Crippen LogP contribution is -2.59. The van der Waals surface area contributed by atoms with E-state index in [0.717, 1.165) is 0 Å². The monoisotopic (exact) mass is 375 g/mol. The quantitative estimate of drug-likeness (QED) is 0.860. The molecule has 8 nitrogen and oxygen atoms in total. The fraction of sp³-hybridized carbons (Fsp3) is 0.526. The van der Waals surface area contributed by atoms with Gasteiger partial charge in [0.25, 0.3) is 6.01 Å². The Morgan fingerprint density at radius 2 is 1.85 bits per heavy atom. The molecule has 0 radical (unpaired) electrons. The largest absolute Gasteiger partial charge is 0.478 e. The number of hydrogen-bond donors (Lipinski definition) is 1. The number of para-hydroxylation sites is 1. The number of fused-ring (bicyclic) bond motifs is 1. The van der Waals surface area contributed by atoms with Crippen LogP contribution in [0.25, 0.3) is 11.1 Å². The maximum absolute atomic E-state index is 12.4. The highest BCUT2D eigenvalue weighted by molar-refractivity contribution is 6.00. The normalized spacial score (nSPS) is 20.8. The van der Waals surface area contributed by atoms with Crippen LogP contribution in [0.5, 0.6) is 0 Å². The summed E-state index contributed by atoms with van der Waals surface area (Å²) in [6.07, 6.45) is -0.341. The zero-order valence-electron chi connectivity index (χ0n) is 16.2. The van der Waals surface area contributed by atoms with Crippen LogP contribution in [0.15, 0.2) is 22.6 Å². The summed E-state index contributed by atoms with van der Waals surface area (Å²) in [5.74, 6) is -1.05. The van der Waals surface area contributed by atoms with Gasteiger partial charge in [-0.1, -0.05) is 6.07 Å². The van der Waals surface area contributed by atoms with Gasteiger partial charge in [0.05, 0.1) is 5.56 Å². The van der Waals surface area contributed by atoms with Gasteiger partial charge >= 0.3 is 12.1 Å². The standard InChI is InChI=1S/C19H25N3O5/c1-11-9-21(18(25)27-19(3,4)5)10-12(2)22(11)17-20-15-13(16(23)24)7-6-8-14(15)26-17/h6-8,11-12H,9-10H2,1-5H3,(H,23,24). The van der Waals surface area contributed by atoms with Gasteiger partial charge in [0.2, 0.25) is 0 Å². The van der Waals surface area contributed by atoms with Crippen LogP contribution in [-0.2, 0) is 4.74 Å². The highest BCUT2D eigenvalue weighted by Crippen LogP contribution is 2.29. The number of oxazole rings is 1. The first-order chi connectivity index (χ1) is 12.6. The van der Waals surface area contributed by atoms with Gasteiger partial charge in [-0.2, -0.15) is 4.98 Å². The molecule has 3 rings (SSSR count). The lowest BCUT2D eigenvalue weighted by atomic mass is 10.1.